The van der Waals surface area contributed by atoms with Crippen LogP contribution in [-0.2, 0) is 0 Å². The number of rotatable bonds is 2. The zero-order valence-electron chi connectivity index (χ0n) is 11.0. The smallest absolute Gasteiger partial charge is 0.267 e. The van der Waals surface area contributed by atoms with Gasteiger partial charge < -0.3 is 11.1 Å². The minimum atomic E-state index is -0.181. The maximum absolute atomic E-state index is 12.2. The summed E-state index contributed by atoms with van der Waals surface area (Å²) < 4.78 is 0. The van der Waals surface area contributed by atoms with E-state index >= 15 is 0 Å². The minimum Gasteiger partial charge on any atom is -0.399 e. The molecule has 0 aliphatic heterocycles. The summed E-state index contributed by atoms with van der Waals surface area (Å²) in [6, 6.07) is 3.67. The third-order valence-corrected chi connectivity index (χ3v) is 4.59. The van der Waals surface area contributed by atoms with Gasteiger partial charge in [0.05, 0.1) is 5.02 Å². The zero-order valence-corrected chi connectivity index (χ0v) is 12.6. The lowest BCUT2D eigenvalue weighted by Crippen LogP contribution is -2.13. The second-order valence-electron chi connectivity index (χ2n) is 4.55. The van der Waals surface area contributed by atoms with Crippen LogP contribution in [0, 0.1) is 20.8 Å². The molecule has 0 aliphatic rings. The van der Waals surface area contributed by atoms with Crippen LogP contribution >= 0.6 is 22.9 Å². The summed E-state index contributed by atoms with van der Waals surface area (Å²) in [6.07, 6.45) is 0. The maximum atomic E-state index is 12.2. The minimum absolute atomic E-state index is 0.181. The standard InChI is InChI=1S/C14H15ClN2OS/c1-7-4-10(16)5-8(2)12(7)17-14(18)13-11(15)9(3)6-19-13/h4-6H,16H2,1-3H3,(H,17,18). The lowest BCUT2D eigenvalue weighted by molar-refractivity contribution is 0.103. The summed E-state index contributed by atoms with van der Waals surface area (Å²) in [6.45, 7) is 5.72. The van der Waals surface area contributed by atoms with Crippen LogP contribution < -0.4 is 11.1 Å². The molecule has 0 fully saturated rings. The Bertz CT molecular complexity index is 626. The van der Waals surface area contributed by atoms with Gasteiger partial charge in [-0.2, -0.15) is 0 Å². The second kappa shape index (κ2) is 5.23. The zero-order chi connectivity index (χ0) is 14.2. The lowest BCUT2D eigenvalue weighted by atomic mass is 10.1. The van der Waals surface area contributed by atoms with E-state index in [-0.39, 0.29) is 5.91 Å². The molecule has 2 rings (SSSR count). The predicted molar refractivity (Wildman–Crippen MR) is 82.3 cm³/mol. The van der Waals surface area contributed by atoms with E-state index in [9.17, 15) is 4.79 Å². The highest BCUT2D eigenvalue weighted by atomic mass is 35.5. The van der Waals surface area contributed by atoms with Crippen LogP contribution in [0.2, 0.25) is 5.02 Å². The highest BCUT2D eigenvalue weighted by Crippen LogP contribution is 2.29. The highest BCUT2D eigenvalue weighted by molar-refractivity contribution is 7.13. The summed E-state index contributed by atoms with van der Waals surface area (Å²) in [5.41, 5.74) is 10.1. The van der Waals surface area contributed by atoms with E-state index in [2.05, 4.69) is 5.32 Å². The van der Waals surface area contributed by atoms with Gasteiger partial charge in [0.15, 0.2) is 0 Å². The van der Waals surface area contributed by atoms with Gasteiger partial charge in [-0.15, -0.1) is 11.3 Å². The maximum Gasteiger partial charge on any atom is 0.267 e. The summed E-state index contributed by atoms with van der Waals surface area (Å²) >= 11 is 7.45. The molecule has 1 heterocycles. The Morgan fingerprint density at radius 1 is 1.21 bits per heavy atom. The fraction of sp³-hybridized carbons (Fsp3) is 0.214. The Morgan fingerprint density at radius 3 is 2.26 bits per heavy atom. The molecule has 0 unspecified atom stereocenters. The molecule has 100 valence electrons. The number of benzene rings is 1. The average Bonchev–Trinajstić information content (AvgIpc) is 2.64. The van der Waals surface area contributed by atoms with Gasteiger partial charge >= 0.3 is 0 Å². The van der Waals surface area contributed by atoms with Crippen molar-refractivity contribution >= 4 is 40.2 Å². The number of nitrogens with two attached hydrogens (primary N) is 1. The molecular formula is C14H15ClN2OS. The Kier molecular flexibility index (Phi) is 3.83. The van der Waals surface area contributed by atoms with Crippen LogP contribution in [0.3, 0.4) is 0 Å². The first-order valence-corrected chi connectivity index (χ1v) is 7.07. The Labute approximate surface area is 121 Å². The molecule has 1 aromatic heterocycles. The van der Waals surface area contributed by atoms with E-state index in [0.717, 1.165) is 22.4 Å². The van der Waals surface area contributed by atoms with Crippen LogP contribution in [0.5, 0.6) is 0 Å². The number of halogens is 1. The molecular weight excluding hydrogens is 280 g/mol. The monoisotopic (exact) mass is 294 g/mol. The van der Waals surface area contributed by atoms with Crippen molar-refractivity contribution in [3.8, 4) is 0 Å². The van der Waals surface area contributed by atoms with Gasteiger partial charge in [-0.1, -0.05) is 11.6 Å². The third-order valence-electron chi connectivity index (χ3n) is 2.90. The summed E-state index contributed by atoms with van der Waals surface area (Å²) in [4.78, 5) is 12.8. The van der Waals surface area contributed by atoms with E-state index in [1.54, 1.807) is 0 Å². The molecule has 3 N–H and O–H groups in total. The van der Waals surface area contributed by atoms with Crippen molar-refractivity contribution in [3.63, 3.8) is 0 Å². The Morgan fingerprint density at radius 2 is 1.79 bits per heavy atom. The fourth-order valence-electron chi connectivity index (χ4n) is 1.95. The molecule has 0 atom stereocenters. The van der Waals surface area contributed by atoms with Crippen LogP contribution in [-0.4, -0.2) is 5.91 Å². The summed E-state index contributed by atoms with van der Waals surface area (Å²) in [5, 5.41) is 5.30. The quantitative estimate of drug-likeness (QED) is 0.817. The first-order chi connectivity index (χ1) is 8.90. The molecule has 1 amide bonds. The van der Waals surface area contributed by atoms with E-state index in [1.807, 2.05) is 38.3 Å². The first-order valence-electron chi connectivity index (χ1n) is 5.81. The van der Waals surface area contributed by atoms with Crippen LogP contribution in [0.15, 0.2) is 17.5 Å². The van der Waals surface area contributed by atoms with E-state index in [1.165, 1.54) is 11.3 Å². The van der Waals surface area contributed by atoms with Gasteiger partial charge in [-0.25, -0.2) is 0 Å². The van der Waals surface area contributed by atoms with E-state index in [0.29, 0.717) is 15.6 Å². The number of carbonyl (C=O) groups excluding carboxylic acids is 1. The topological polar surface area (TPSA) is 55.1 Å². The predicted octanol–water partition coefficient (Wildman–Crippen LogP) is 4.16. The van der Waals surface area contributed by atoms with Gasteiger partial charge in [-0.3, -0.25) is 4.79 Å². The van der Waals surface area contributed by atoms with Crippen molar-refractivity contribution in [2.75, 3.05) is 11.1 Å². The van der Waals surface area contributed by atoms with Gasteiger partial charge in [0.2, 0.25) is 0 Å². The number of thiophene rings is 1. The molecule has 1 aromatic carbocycles. The van der Waals surface area contributed by atoms with Crippen LogP contribution in [0.25, 0.3) is 0 Å². The number of carbonyl (C=O) groups is 1. The largest absolute Gasteiger partial charge is 0.399 e. The lowest BCUT2D eigenvalue weighted by Gasteiger charge is -2.12. The molecule has 3 nitrogen and oxygen atoms in total. The SMILES string of the molecule is Cc1csc(C(=O)Nc2c(C)cc(N)cc2C)c1Cl. The summed E-state index contributed by atoms with van der Waals surface area (Å²) in [5.74, 6) is -0.181. The molecule has 0 saturated carbocycles. The van der Waals surface area contributed by atoms with E-state index < -0.39 is 0 Å². The van der Waals surface area contributed by atoms with Crippen LogP contribution in [0.4, 0.5) is 11.4 Å². The number of hydrogen-bond acceptors (Lipinski definition) is 3. The number of anilines is 2. The van der Waals surface area contributed by atoms with Crippen molar-refractivity contribution in [1.82, 2.24) is 0 Å². The van der Waals surface area contributed by atoms with Gasteiger partial charge in [0, 0.05) is 11.4 Å². The number of aryl methyl sites for hydroxylation is 3. The molecule has 0 radical (unpaired) electrons. The normalized spacial score (nSPS) is 10.5. The third kappa shape index (κ3) is 2.74. The number of amides is 1. The fourth-order valence-corrected chi connectivity index (χ4v) is 3.12. The first kappa shape index (κ1) is 13.9. The summed E-state index contributed by atoms with van der Waals surface area (Å²) in [7, 11) is 0. The molecule has 0 bridgehead atoms. The highest BCUT2D eigenvalue weighted by Gasteiger charge is 2.16. The molecule has 5 heteroatoms. The van der Waals surface area contributed by atoms with Gasteiger partial charge in [0.1, 0.15) is 4.88 Å². The number of nitrogen functional groups attached to an aromatic ring is 1. The molecule has 19 heavy (non-hydrogen) atoms. The Hall–Kier alpha value is -1.52. The van der Waals surface area contributed by atoms with Crippen molar-refractivity contribution in [1.29, 1.82) is 0 Å². The number of nitrogens with one attached hydrogen (secondary N) is 1. The van der Waals surface area contributed by atoms with Crippen molar-refractivity contribution in [2.45, 2.75) is 20.8 Å². The van der Waals surface area contributed by atoms with Crippen molar-refractivity contribution in [3.05, 3.63) is 44.1 Å². The Balaban J connectivity index is 2.32. The van der Waals surface area contributed by atoms with Gasteiger partial charge in [0.25, 0.3) is 5.91 Å². The molecule has 0 saturated heterocycles. The molecule has 2 aromatic rings. The van der Waals surface area contributed by atoms with Gasteiger partial charge in [-0.05, 0) is 55.0 Å². The van der Waals surface area contributed by atoms with Crippen molar-refractivity contribution in [2.24, 2.45) is 0 Å². The second-order valence-corrected chi connectivity index (χ2v) is 5.80. The van der Waals surface area contributed by atoms with Crippen LogP contribution in [0.1, 0.15) is 26.4 Å². The van der Waals surface area contributed by atoms with Crippen molar-refractivity contribution < 1.29 is 4.79 Å². The van der Waals surface area contributed by atoms with E-state index in [4.69, 9.17) is 17.3 Å². The molecule has 0 aliphatic carbocycles. The number of hydrogen-bond donors (Lipinski definition) is 2. The molecule has 0 spiro atoms. The average molecular weight is 295 g/mol.